The molecular formula is C8H17NO3S. The van der Waals surface area contributed by atoms with Crippen molar-refractivity contribution in [3.8, 4) is 0 Å². The van der Waals surface area contributed by atoms with E-state index in [0.29, 0.717) is 12.8 Å². The summed E-state index contributed by atoms with van der Waals surface area (Å²) < 4.78 is 23.0. The second-order valence-electron chi connectivity index (χ2n) is 3.64. The predicted octanol–water partition coefficient (Wildman–Crippen LogP) is -0.466. The first-order valence-electron chi connectivity index (χ1n) is 4.50. The van der Waals surface area contributed by atoms with E-state index in [-0.39, 0.29) is 12.4 Å². The van der Waals surface area contributed by atoms with Gasteiger partial charge in [0, 0.05) is 12.1 Å². The molecule has 2 N–H and O–H groups in total. The van der Waals surface area contributed by atoms with E-state index in [1.807, 2.05) is 0 Å². The van der Waals surface area contributed by atoms with E-state index in [9.17, 15) is 8.42 Å². The van der Waals surface area contributed by atoms with E-state index in [4.69, 9.17) is 5.11 Å². The van der Waals surface area contributed by atoms with Crippen LogP contribution < -0.4 is 5.32 Å². The number of hydrogen-bond acceptors (Lipinski definition) is 4. The molecule has 5 heteroatoms. The van der Waals surface area contributed by atoms with Crippen molar-refractivity contribution >= 4 is 9.84 Å². The Kier molecular flexibility index (Phi) is 2.99. The van der Waals surface area contributed by atoms with Gasteiger partial charge in [0.2, 0.25) is 0 Å². The second-order valence-corrected chi connectivity index (χ2v) is 6.08. The highest BCUT2D eigenvalue weighted by molar-refractivity contribution is 7.92. The lowest BCUT2D eigenvalue weighted by atomic mass is 9.89. The van der Waals surface area contributed by atoms with E-state index >= 15 is 0 Å². The van der Waals surface area contributed by atoms with Gasteiger partial charge in [-0.1, -0.05) is 0 Å². The third-order valence-corrected chi connectivity index (χ3v) is 5.51. The van der Waals surface area contributed by atoms with Crippen molar-refractivity contribution in [1.82, 2.24) is 5.32 Å². The van der Waals surface area contributed by atoms with E-state index < -0.39 is 20.6 Å². The summed E-state index contributed by atoms with van der Waals surface area (Å²) in [6.45, 7) is 1.75. The van der Waals surface area contributed by atoms with Crippen LogP contribution in [0.5, 0.6) is 0 Å². The van der Waals surface area contributed by atoms with Crippen LogP contribution in [0.3, 0.4) is 0 Å². The Bertz CT molecular complexity index is 275. The van der Waals surface area contributed by atoms with Gasteiger partial charge in [0.05, 0.1) is 11.0 Å². The zero-order chi connectivity index (χ0) is 10.1. The summed E-state index contributed by atoms with van der Waals surface area (Å²) in [6, 6.07) is 0. The molecule has 78 valence electrons. The molecule has 0 spiro atoms. The fraction of sp³-hybridized carbons (Fsp3) is 1.00. The quantitative estimate of drug-likeness (QED) is 0.657. The van der Waals surface area contributed by atoms with Crippen molar-refractivity contribution in [2.45, 2.75) is 30.6 Å². The van der Waals surface area contributed by atoms with Crippen LogP contribution in [0.2, 0.25) is 0 Å². The molecule has 4 nitrogen and oxygen atoms in total. The number of sulfone groups is 1. The molecule has 1 aliphatic rings. The zero-order valence-electron chi connectivity index (χ0n) is 8.08. The molecule has 1 rings (SSSR count). The summed E-state index contributed by atoms with van der Waals surface area (Å²) in [7, 11) is -1.18. The van der Waals surface area contributed by atoms with Gasteiger partial charge in [0.15, 0.2) is 9.84 Å². The minimum Gasteiger partial charge on any atom is -0.396 e. The fourth-order valence-electron chi connectivity index (χ4n) is 2.03. The molecule has 2 unspecified atom stereocenters. The van der Waals surface area contributed by atoms with Crippen LogP contribution in [0.1, 0.15) is 19.8 Å². The summed E-state index contributed by atoms with van der Waals surface area (Å²) in [6.07, 6.45) is 1.11. The smallest absolute Gasteiger partial charge is 0.154 e. The number of aliphatic hydroxyl groups excluding tert-OH is 1. The molecule has 2 atom stereocenters. The lowest BCUT2D eigenvalue weighted by molar-refractivity contribution is 0.216. The van der Waals surface area contributed by atoms with Crippen LogP contribution in [-0.2, 0) is 9.84 Å². The zero-order valence-corrected chi connectivity index (χ0v) is 8.89. The van der Waals surface area contributed by atoms with Crippen molar-refractivity contribution < 1.29 is 13.5 Å². The Morgan fingerprint density at radius 3 is 2.54 bits per heavy atom. The first-order valence-corrected chi connectivity index (χ1v) is 6.21. The van der Waals surface area contributed by atoms with Crippen molar-refractivity contribution in [2.24, 2.45) is 0 Å². The number of aliphatic hydroxyl groups is 1. The van der Waals surface area contributed by atoms with Gasteiger partial charge < -0.3 is 10.4 Å². The first kappa shape index (κ1) is 10.9. The summed E-state index contributed by atoms with van der Waals surface area (Å²) in [5, 5.41) is 11.5. The van der Waals surface area contributed by atoms with Crippen LogP contribution in [0.4, 0.5) is 0 Å². The Balaban J connectivity index is 2.92. The number of hydrogen-bond donors (Lipinski definition) is 2. The lowest BCUT2D eigenvalue weighted by Gasteiger charge is -2.31. The van der Waals surface area contributed by atoms with Gasteiger partial charge >= 0.3 is 0 Å². The summed E-state index contributed by atoms with van der Waals surface area (Å²) in [5.41, 5.74) is -0.409. The number of nitrogens with one attached hydrogen (secondary N) is 1. The average molecular weight is 207 g/mol. The maximum Gasteiger partial charge on any atom is 0.154 e. The molecule has 0 aromatic rings. The topological polar surface area (TPSA) is 66.4 Å². The van der Waals surface area contributed by atoms with Crippen LogP contribution >= 0.6 is 0 Å². The van der Waals surface area contributed by atoms with Crippen LogP contribution in [0.15, 0.2) is 0 Å². The second kappa shape index (κ2) is 3.55. The van der Waals surface area contributed by atoms with Gasteiger partial charge in [-0.3, -0.25) is 0 Å². The third kappa shape index (κ3) is 1.73. The maximum atomic E-state index is 11.5. The van der Waals surface area contributed by atoms with Gasteiger partial charge in [-0.2, -0.15) is 0 Å². The van der Waals surface area contributed by atoms with Crippen LogP contribution in [0, 0.1) is 0 Å². The highest BCUT2D eigenvalue weighted by Crippen LogP contribution is 2.33. The Labute approximate surface area is 79.3 Å². The first-order chi connectivity index (χ1) is 5.98. The Morgan fingerprint density at radius 2 is 2.23 bits per heavy atom. The predicted molar refractivity (Wildman–Crippen MR) is 51.4 cm³/mol. The van der Waals surface area contributed by atoms with Crippen molar-refractivity contribution in [1.29, 1.82) is 0 Å². The molecule has 1 saturated heterocycles. The van der Waals surface area contributed by atoms with E-state index in [0.717, 1.165) is 0 Å². The Hall–Kier alpha value is -0.130. The molecule has 0 saturated carbocycles. The average Bonchev–Trinajstić information content (AvgIpc) is 2.31. The van der Waals surface area contributed by atoms with Crippen LogP contribution in [0.25, 0.3) is 0 Å². The molecule has 13 heavy (non-hydrogen) atoms. The highest BCUT2D eigenvalue weighted by atomic mass is 32.2. The monoisotopic (exact) mass is 207 g/mol. The van der Waals surface area contributed by atoms with Gasteiger partial charge in [0.1, 0.15) is 0 Å². The normalized spacial score (nSPS) is 37.9. The molecule has 1 aliphatic heterocycles. The van der Waals surface area contributed by atoms with E-state index in [2.05, 4.69) is 5.32 Å². The standard InChI is InChI=1S/C8H17NO3S/c1-7-8(9-2,3-5-10)4-6-13(7,11)12/h7,9-10H,3-6H2,1-2H3. The van der Waals surface area contributed by atoms with Crippen molar-refractivity contribution in [3.05, 3.63) is 0 Å². The molecular weight excluding hydrogens is 190 g/mol. The molecule has 0 aromatic heterocycles. The summed E-state index contributed by atoms with van der Waals surface area (Å²) in [4.78, 5) is 0. The maximum absolute atomic E-state index is 11.5. The third-order valence-electron chi connectivity index (χ3n) is 3.21. The number of rotatable bonds is 3. The van der Waals surface area contributed by atoms with E-state index in [1.54, 1.807) is 14.0 Å². The minimum absolute atomic E-state index is 0.0285. The van der Waals surface area contributed by atoms with Crippen molar-refractivity contribution in [3.63, 3.8) is 0 Å². The molecule has 0 amide bonds. The van der Waals surface area contributed by atoms with Gasteiger partial charge in [-0.15, -0.1) is 0 Å². The summed E-state index contributed by atoms with van der Waals surface area (Å²) in [5.74, 6) is 0.231. The van der Waals surface area contributed by atoms with Gasteiger partial charge in [-0.25, -0.2) is 8.42 Å². The minimum atomic E-state index is -2.94. The molecule has 0 aromatic carbocycles. The Morgan fingerprint density at radius 1 is 1.62 bits per heavy atom. The van der Waals surface area contributed by atoms with E-state index in [1.165, 1.54) is 0 Å². The summed E-state index contributed by atoms with van der Waals surface area (Å²) >= 11 is 0. The SMILES string of the molecule is CNC1(CCO)CCS(=O)(=O)C1C. The van der Waals surface area contributed by atoms with Gasteiger partial charge in [-0.05, 0) is 26.8 Å². The fourth-order valence-corrected chi connectivity index (χ4v) is 4.07. The van der Waals surface area contributed by atoms with Crippen LogP contribution in [-0.4, -0.2) is 43.7 Å². The largest absolute Gasteiger partial charge is 0.396 e. The lowest BCUT2D eigenvalue weighted by Crippen LogP contribution is -2.50. The van der Waals surface area contributed by atoms with Gasteiger partial charge in [0.25, 0.3) is 0 Å². The molecule has 0 bridgehead atoms. The molecule has 1 fully saturated rings. The molecule has 1 heterocycles. The molecule has 0 aliphatic carbocycles. The highest BCUT2D eigenvalue weighted by Gasteiger charge is 2.47. The van der Waals surface area contributed by atoms with Crippen molar-refractivity contribution in [2.75, 3.05) is 19.4 Å². The molecule has 0 radical (unpaired) electrons.